The van der Waals surface area contributed by atoms with Crippen molar-refractivity contribution < 1.29 is 4.92 Å². The van der Waals surface area contributed by atoms with Crippen LogP contribution < -0.4 is 4.90 Å². The number of likely N-dealkylation sites (tertiary alicyclic amines) is 1. The summed E-state index contributed by atoms with van der Waals surface area (Å²) < 4.78 is 0. The van der Waals surface area contributed by atoms with Gasteiger partial charge >= 0.3 is 5.69 Å². The molecule has 1 aromatic heterocycles. The zero-order chi connectivity index (χ0) is 14.8. The molecule has 2 fully saturated rings. The van der Waals surface area contributed by atoms with Crippen LogP contribution in [0.4, 0.5) is 11.5 Å². The van der Waals surface area contributed by atoms with Crippen molar-refractivity contribution in [3.05, 3.63) is 27.4 Å². The number of nitro groups is 1. The summed E-state index contributed by atoms with van der Waals surface area (Å²) in [5.74, 6) is 0.409. The fraction of sp³-hybridized carbons (Fsp3) is 0.643. The van der Waals surface area contributed by atoms with Gasteiger partial charge in [0.1, 0.15) is 5.15 Å². The lowest BCUT2D eigenvalue weighted by molar-refractivity contribution is -0.384. The van der Waals surface area contributed by atoms with Crippen molar-refractivity contribution in [2.24, 2.45) is 0 Å². The second-order valence-corrected chi connectivity index (χ2v) is 6.11. The Hall–Kier alpha value is -1.40. The van der Waals surface area contributed by atoms with E-state index in [9.17, 15) is 10.1 Å². The van der Waals surface area contributed by atoms with Gasteiger partial charge in [-0.05, 0) is 38.4 Å². The van der Waals surface area contributed by atoms with Gasteiger partial charge in [0, 0.05) is 25.2 Å². The van der Waals surface area contributed by atoms with Gasteiger partial charge in [-0.2, -0.15) is 0 Å². The van der Waals surface area contributed by atoms with E-state index in [1.165, 1.54) is 31.4 Å². The smallest absolute Gasteiger partial charge is 0.311 e. The number of nitrogens with zero attached hydrogens (tertiary/aromatic N) is 4. The molecule has 6 nitrogen and oxygen atoms in total. The van der Waals surface area contributed by atoms with Crippen LogP contribution in [-0.2, 0) is 0 Å². The molecule has 0 N–H and O–H groups in total. The molecule has 2 aliphatic heterocycles. The molecule has 1 aromatic rings. The third-order valence-electron chi connectivity index (χ3n) is 4.39. The maximum atomic E-state index is 11.2. The van der Waals surface area contributed by atoms with Gasteiger partial charge in [-0.15, -0.1) is 0 Å². The van der Waals surface area contributed by atoms with Crippen molar-refractivity contribution in [2.45, 2.75) is 31.7 Å². The zero-order valence-corrected chi connectivity index (χ0v) is 12.6. The Kier molecular flexibility index (Phi) is 4.26. The molecule has 0 aliphatic carbocycles. The van der Waals surface area contributed by atoms with Crippen LogP contribution in [0, 0.1) is 10.1 Å². The largest absolute Gasteiger partial charge is 0.349 e. The number of halogens is 1. The van der Waals surface area contributed by atoms with Gasteiger partial charge in [0.25, 0.3) is 0 Å². The van der Waals surface area contributed by atoms with E-state index in [-0.39, 0.29) is 10.6 Å². The van der Waals surface area contributed by atoms with E-state index in [4.69, 9.17) is 11.6 Å². The first-order valence-electron chi connectivity index (χ1n) is 7.45. The second kappa shape index (κ2) is 6.15. The second-order valence-electron chi connectivity index (χ2n) is 5.72. The number of hydrogen-bond donors (Lipinski definition) is 0. The lowest BCUT2D eigenvalue weighted by Crippen LogP contribution is -2.41. The van der Waals surface area contributed by atoms with Gasteiger partial charge in [-0.25, -0.2) is 4.98 Å². The van der Waals surface area contributed by atoms with Crippen LogP contribution >= 0.6 is 11.6 Å². The number of pyridine rings is 1. The zero-order valence-electron chi connectivity index (χ0n) is 11.9. The van der Waals surface area contributed by atoms with Gasteiger partial charge in [-0.1, -0.05) is 18.0 Å². The van der Waals surface area contributed by atoms with Crippen LogP contribution in [-0.4, -0.2) is 47.0 Å². The van der Waals surface area contributed by atoms with Crippen LogP contribution in [0.3, 0.4) is 0 Å². The van der Waals surface area contributed by atoms with E-state index in [1.807, 2.05) is 4.90 Å². The molecule has 0 saturated carbocycles. The Morgan fingerprint density at radius 1 is 1.24 bits per heavy atom. The van der Waals surface area contributed by atoms with Crippen molar-refractivity contribution in [3.63, 3.8) is 0 Å². The number of anilines is 1. The molecule has 114 valence electrons. The lowest BCUT2D eigenvalue weighted by atomic mass is 10.1. The Morgan fingerprint density at radius 2 is 2.00 bits per heavy atom. The first kappa shape index (κ1) is 14.5. The van der Waals surface area contributed by atoms with Crippen LogP contribution in [0.1, 0.15) is 25.7 Å². The highest BCUT2D eigenvalue weighted by Crippen LogP contribution is 2.31. The normalized spacial score (nSPS) is 23.5. The fourth-order valence-electron chi connectivity index (χ4n) is 3.31. The van der Waals surface area contributed by atoms with Crippen molar-refractivity contribution in [2.75, 3.05) is 31.1 Å². The number of aromatic nitrogens is 1. The molecule has 2 aliphatic rings. The lowest BCUT2D eigenvalue weighted by Gasteiger charge is -2.32. The Morgan fingerprint density at radius 3 is 2.71 bits per heavy atom. The van der Waals surface area contributed by atoms with E-state index in [0.29, 0.717) is 17.0 Å². The first-order chi connectivity index (χ1) is 10.1. The minimum absolute atomic E-state index is 0.0405. The number of rotatable bonds is 3. The molecule has 0 aromatic carbocycles. The molecule has 3 rings (SSSR count). The van der Waals surface area contributed by atoms with Crippen molar-refractivity contribution in [1.29, 1.82) is 0 Å². The third kappa shape index (κ3) is 3.11. The van der Waals surface area contributed by atoms with E-state index in [2.05, 4.69) is 9.88 Å². The Labute approximate surface area is 128 Å². The van der Waals surface area contributed by atoms with Crippen LogP contribution in [0.25, 0.3) is 0 Å². The fourth-order valence-corrected chi connectivity index (χ4v) is 3.45. The van der Waals surface area contributed by atoms with Crippen molar-refractivity contribution in [1.82, 2.24) is 9.88 Å². The monoisotopic (exact) mass is 310 g/mol. The van der Waals surface area contributed by atoms with Gasteiger partial charge < -0.3 is 4.90 Å². The molecular weight excluding hydrogens is 292 g/mol. The molecular formula is C14H19ClN4O2. The van der Waals surface area contributed by atoms with Crippen LogP contribution in [0.5, 0.6) is 0 Å². The van der Waals surface area contributed by atoms with Crippen molar-refractivity contribution in [3.8, 4) is 0 Å². The van der Waals surface area contributed by atoms with Gasteiger partial charge in [-0.3, -0.25) is 15.0 Å². The highest BCUT2D eigenvalue weighted by atomic mass is 35.5. The molecule has 1 atom stereocenters. The summed E-state index contributed by atoms with van der Waals surface area (Å²) in [5.41, 5.74) is 0.0405. The third-order valence-corrected chi connectivity index (χ3v) is 4.60. The quantitative estimate of drug-likeness (QED) is 0.488. The van der Waals surface area contributed by atoms with Crippen LogP contribution in [0.15, 0.2) is 12.1 Å². The minimum Gasteiger partial charge on any atom is -0.349 e. The molecule has 0 radical (unpaired) electrons. The predicted molar refractivity (Wildman–Crippen MR) is 81.9 cm³/mol. The number of hydrogen-bond acceptors (Lipinski definition) is 5. The summed E-state index contributed by atoms with van der Waals surface area (Å²) in [6, 6.07) is 3.39. The highest BCUT2D eigenvalue weighted by molar-refractivity contribution is 6.29. The van der Waals surface area contributed by atoms with Crippen LogP contribution in [0.2, 0.25) is 5.15 Å². The number of piperidine rings is 1. The molecule has 1 unspecified atom stereocenters. The molecule has 0 amide bonds. The summed E-state index contributed by atoms with van der Waals surface area (Å²) in [4.78, 5) is 19.5. The van der Waals surface area contributed by atoms with E-state index >= 15 is 0 Å². The molecule has 0 bridgehead atoms. The molecule has 7 heteroatoms. The maximum Gasteiger partial charge on any atom is 0.311 e. The molecule has 3 heterocycles. The predicted octanol–water partition coefficient (Wildman–Crippen LogP) is 2.71. The van der Waals surface area contributed by atoms with Gasteiger partial charge in [0.2, 0.25) is 5.82 Å². The SMILES string of the molecule is O=[N+]([O-])c1ccc(Cl)nc1N1CCC(N2CCCCC2)C1. The van der Waals surface area contributed by atoms with Gasteiger partial charge in [0.15, 0.2) is 0 Å². The minimum atomic E-state index is -0.382. The summed E-state index contributed by atoms with van der Waals surface area (Å²) in [7, 11) is 0. The van der Waals surface area contributed by atoms with E-state index < -0.39 is 0 Å². The van der Waals surface area contributed by atoms with E-state index in [0.717, 1.165) is 32.6 Å². The van der Waals surface area contributed by atoms with Crippen molar-refractivity contribution >= 4 is 23.1 Å². The standard InChI is InChI=1S/C14H19ClN4O2/c15-13-5-4-12(19(20)21)14(16-13)18-9-6-11(10-18)17-7-2-1-3-8-17/h4-5,11H,1-3,6-10H2. The summed E-state index contributed by atoms with van der Waals surface area (Å²) >= 11 is 5.91. The molecule has 0 spiro atoms. The average Bonchev–Trinajstić information content (AvgIpc) is 2.97. The maximum absolute atomic E-state index is 11.2. The Balaban J connectivity index is 1.76. The topological polar surface area (TPSA) is 62.5 Å². The molecule has 2 saturated heterocycles. The Bertz CT molecular complexity index is 534. The summed E-state index contributed by atoms with van der Waals surface area (Å²) in [5, 5.41) is 11.5. The summed E-state index contributed by atoms with van der Waals surface area (Å²) in [6.07, 6.45) is 4.86. The first-order valence-corrected chi connectivity index (χ1v) is 7.83. The summed E-state index contributed by atoms with van der Waals surface area (Å²) in [6.45, 7) is 3.89. The molecule has 21 heavy (non-hydrogen) atoms. The van der Waals surface area contributed by atoms with Gasteiger partial charge in [0.05, 0.1) is 4.92 Å². The average molecular weight is 311 g/mol. The highest BCUT2D eigenvalue weighted by Gasteiger charge is 2.32. The van der Waals surface area contributed by atoms with E-state index in [1.54, 1.807) is 0 Å².